The highest BCUT2D eigenvalue weighted by Crippen LogP contribution is 2.38. The number of halogens is 5. The molecule has 0 bridgehead atoms. The monoisotopic (exact) mass is 522 g/mol. The molecule has 3 heterocycles. The molecule has 1 saturated heterocycles. The number of aromatic nitrogens is 2. The summed E-state index contributed by atoms with van der Waals surface area (Å²) >= 11 is 5.93. The second-order valence-electron chi connectivity index (χ2n) is 6.78. The smallest absolute Gasteiger partial charge is 0.437 e. The van der Waals surface area contributed by atoms with E-state index in [2.05, 4.69) is 9.97 Å². The Morgan fingerprint density at radius 2 is 2.06 bits per heavy atom. The van der Waals surface area contributed by atoms with Gasteiger partial charge in [-0.15, -0.1) is 0 Å². The number of aliphatic hydroxyl groups is 1. The van der Waals surface area contributed by atoms with Gasteiger partial charge in [-0.3, -0.25) is 4.79 Å². The van der Waals surface area contributed by atoms with Crippen LogP contribution in [0, 0.1) is 5.82 Å². The minimum Gasteiger partial charge on any atom is -0.463 e. The van der Waals surface area contributed by atoms with Crippen LogP contribution in [0.3, 0.4) is 0 Å². The Hall–Kier alpha value is -3.72. The van der Waals surface area contributed by atoms with E-state index in [1.807, 2.05) is 0 Å². The number of anilines is 1. The fraction of sp³-hybridized carbons (Fsp3) is 0.316. The quantitative estimate of drug-likeness (QED) is 0.415. The van der Waals surface area contributed by atoms with E-state index in [0.717, 1.165) is 0 Å². The van der Waals surface area contributed by atoms with Gasteiger partial charge in [-0.25, -0.2) is 23.9 Å². The highest BCUT2D eigenvalue weighted by molar-refractivity contribution is 6.32. The Balaban J connectivity index is 1.90. The van der Waals surface area contributed by atoms with Crippen LogP contribution in [0.15, 0.2) is 24.4 Å². The lowest BCUT2D eigenvalue weighted by molar-refractivity contribution is -0.269. The highest BCUT2D eigenvalue weighted by atomic mass is 35.5. The number of alkyl halides is 3. The number of carbonyl (C=O) groups excluding carboxylic acids is 3. The zero-order valence-corrected chi connectivity index (χ0v) is 18.3. The van der Waals surface area contributed by atoms with Crippen molar-refractivity contribution in [1.29, 1.82) is 0 Å². The molecule has 0 aliphatic carbocycles. The predicted molar refractivity (Wildman–Crippen MR) is 107 cm³/mol. The number of nitrogens with one attached hydrogen (secondary N) is 1. The standard InChI is InChI=1S/C19H15ClF4N4O7/c1-2-33-13(30)8-34-16-11(4-3-5-25-16)35-15-9(20)6-10(21)14(26-15)28-12(29)7-18(32,19(22,23)24)27-17(28)31/h3-6,32H,2,7-8H2,1H3,(H,27,31). The molecule has 1 unspecified atom stereocenters. The average molecular weight is 523 g/mol. The van der Waals surface area contributed by atoms with Crippen molar-refractivity contribution in [2.24, 2.45) is 0 Å². The molecular weight excluding hydrogens is 508 g/mol. The van der Waals surface area contributed by atoms with E-state index in [1.165, 1.54) is 23.6 Å². The Morgan fingerprint density at radius 1 is 1.34 bits per heavy atom. The molecule has 2 aromatic rings. The summed E-state index contributed by atoms with van der Waals surface area (Å²) in [5.41, 5.74) is -3.85. The molecule has 0 saturated carbocycles. The lowest BCUT2D eigenvalue weighted by Crippen LogP contribution is -2.68. The maximum absolute atomic E-state index is 14.5. The molecule has 1 atom stereocenters. The van der Waals surface area contributed by atoms with E-state index >= 15 is 0 Å². The van der Waals surface area contributed by atoms with Crippen LogP contribution >= 0.6 is 11.6 Å². The molecule has 3 amide bonds. The topological polar surface area (TPSA) is 140 Å². The number of carbonyl (C=O) groups is 3. The molecule has 2 aromatic heterocycles. The van der Waals surface area contributed by atoms with Crippen molar-refractivity contribution in [3.63, 3.8) is 0 Å². The molecule has 0 radical (unpaired) electrons. The zero-order valence-electron chi connectivity index (χ0n) is 17.6. The van der Waals surface area contributed by atoms with E-state index in [0.29, 0.717) is 6.07 Å². The first-order chi connectivity index (χ1) is 16.4. The van der Waals surface area contributed by atoms with Gasteiger partial charge in [-0.1, -0.05) is 11.6 Å². The van der Waals surface area contributed by atoms with E-state index in [9.17, 15) is 37.1 Å². The molecule has 0 spiro atoms. The Morgan fingerprint density at radius 3 is 2.69 bits per heavy atom. The van der Waals surface area contributed by atoms with Gasteiger partial charge in [0.15, 0.2) is 24.0 Å². The fourth-order valence-electron chi connectivity index (χ4n) is 2.74. The van der Waals surface area contributed by atoms with E-state index < -0.39 is 65.4 Å². The minimum atomic E-state index is -5.38. The second kappa shape index (κ2) is 9.87. The number of pyridine rings is 2. The molecule has 188 valence electrons. The number of rotatable bonds is 7. The Bertz CT molecular complexity index is 1150. The van der Waals surface area contributed by atoms with Crippen molar-refractivity contribution in [1.82, 2.24) is 15.3 Å². The molecule has 3 rings (SSSR count). The molecule has 35 heavy (non-hydrogen) atoms. The lowest BCUT2D eigenvalue weighted by Gasteiger charge is -2.37. The van der Waals surface area contributed by atoms with E-state index in [1.54, 1.807) is 6.92 Å². The van der Waals surface area contributed by atoms with Crippen molar-refractivity contribution in [3.8, 4) is 17.5 Å². The largest absolute Gasteiger partial charge is 0.463 e. The van der Waals surface area contributed by atoms with Gasteiger partial charge in [0, 0.05) is 12.3 Å². The van der Waals surface area contributed by atoms with Crippen LogP contribution in [-0.2, 0) is 14.3 Å². The van der Waals surface area contributed by atoms with Crippen molar-refractivity contribution in [3.05, 3.63) is 35.2 Å². The molecule has 0 aromatic carbocycles. The number of hydrogen-bond acceptors (Lipinski definition) is 9. The molecule has 1 fully saturated rings. The predicted octanol–water partition coefficient (Wildman–Crippen LogP) is 2.70. The van der Waals surface area contributed by atoms with Crippen LogP contribution in [0.25, 0.3) is 0 Å². The minimum absolute atomic E-state index is 0.0415. The van der Waals surface area contributed by atoms with Gasteiger partial charge in [0.05, 0.1) is 13.0 Å². The molecule has 1 aliphatic rings. The highest BCUT2D eigenvalue weighted by Gasteiger charge is 2.60. The first-order valence-corrected chi connectivity index (χ1v) is 9.95. The third-order valence-electron chi connectivity index (χ3n) is 4.31. The lowest BCUT2D eigenvalue weighted by atomic mass is 10.1. The summed E-state index contributed by atoms with van der Waals surface area (Å²) in [6.45, 7) is 1.15. The van der Waals surface area contributed by atoms with Gasteiger partial charge in [0.1, 0.15) is 5.02 Å². The first kappa shape index (κ1) is 25.9. The normalized spacial score (nSPS) is 18.2. The van der Waals surface area contributed by atoms with Crippen molar-refractivity contribution >= 4 is 35.3 Å². The van der Waals surface area contributed by atoms with Gasteiger partial charge < -0.3 is 24.6 Å². The zero-order chi connectivity index (χ0) is 26.0. The Labute approximate surface area is 198 Å². The van der Waals surface area contributed by atoms with Gasteiger partial charge in [-0.05, 0) is 19.1 Å². The number of amides is 3. The van der Waals surface area contributed by atoms with Crippen LogP contribution in [0.5, 0.6) is 17.5 Å². The third kappa shape index (κ3) is 5.51. The molecule has 11 nitrogen and oxygen atoms in total. The summed E-state index contributed by atoms with van der Waals surface area (Å²) < 4.78 is 69.0. The summed E-state index contributed by atoms with van der Waals surface area (Å²) in [6.07, 6.45) is -5.74. The number of urea groups is 1. The molecular formula is C19H15ClF4N4O7. The van der Waals surface area contributed by atoms with Crippen LogP contribution in [0.2, 0.25) is 5.02 Å². The molecule has 16 heteroatoms. The summed E-state index contributed by atoms with van der Waals surface area (Å²) in [7, 11) is 0. The van der Waals surface area contributed by atoms with Crippen LogP contribution < -0.4 is 19.7 Å². The Kier molecular flexibility index (Phi) is 7.30. The number of esters is 1. The SMILES string of the molecule is CCOC(=O)COc1ncccc1Oc1nc(N2C(=O)CC(O)(C(F)(F)F)NC2=O)c(F)cc1Cl. The summed E-state index contributed by atoms with van der Waals surface area (Å²) in [5.74, 6) is -5.71. The number of hydrogen-bond donors (Lipinski definition) is 2. The van der Waals surface area contributed by atoms with Crippen molar-refractivity contribution < 1.29 is 51.3 Å². The summed E-state index contributed by atoms with van der Waals surface area (Å²) in [5, 5.41) is 10.4. The maximum atomic E-state index is 14.5. The van der Waals surface area contributed by atoms with Gasteiger partial charge >= 0.3 is 18.2 Å². The molecule has 1 aliphatic heterocycles. The maximum Gasteiger partial charge on any atom is 0.437 e. The average Bonchev–Trinajstić information content (AvgIpc) is 2.75. The second-order valence-corrected chi connectivity index (χ2v) is 7.18. The van der Waals surface area contributed by atoms with Crippen LogP contribution in [-0.4, -0.2) is 58.1 Å². The van der Waals surface area contributed by atoms with E-state index in [4.69, 9.17) is 25.8 Å². The van der Waals surface area contributed by atoms with Gasteiger partial charge in [-0.2, -0.15) is 18.2 Å². The van der Waals surface area contributed by atoms with Crippen molar-refractivity contribution in [2.75, 3.05) is 18.1 Å². The summed E-state index contributed by atoms with van der Waals surface area (Å²) in [6, 6.07) is 1.50. The van der Waals surface area contributed by atoms with Crippen LogP contribution in [0.4, 0.5) is 28.2 Å². The van der Waals surface area contributed by atoms with Gasteiger partial charge in [0.2, 0.25) is 17.5 Å². The summed E-state index contributed by atoms with van der Waals surface area (Å²) in [4.78, 5) is 43.5. The van der Waals surface area contributed by atoms with Gasteiger partial charge in [0.25, 0.3) is 5.88 Å². The number of imide groups is 1. The number of ether oxygens (including phenoxy) is 3. The number of nitrogens with zero attached hydrogens (tertiary/aromatic N) is 3. The van der Waals surface area contributed by atoms with Crippen LogP contribution in [0.1, 0.15) is 13.3 Å². The first-order valence-electron chi connectivity index (χ1n) is 9.58. The third-order valence-corrected chi connectivity index (χ3v) is 4.58. The van der Waals surface area contributed by atoms with Crippen molar-refractivity contribution in [2.45, 2.75) is 25.2 Å². The van der Waals surface area contributed by atoms with E-state index in [-0.39, 0.29) is 23.1 Å². The molecule has 2 N–H and O–H groups in total. The fourth-order valence-corrected chi connectivity index (χ4v) is 2.92.